The van der Waals surface area contributed by atoms with Crippen LogP contribution in [0.1, 0.15) is 15.9 Å². The van der Waals surface area contributed by atoms with Crippen LogP contribution in [0.25, 0.3) is 5.69 Å². The standard InChI is InChI=1S/C19H17N3O4/c23-17(21-16(18(24)25)11-13-5-2-1-3-6-13)14-7-4-8-15(12-14)22-10-9-20-19(22)26/h1-10,12,16H,11H2,(H,20,26)(H,21,23)(H,24,25)/t16-/m1/s1. The normalized spacial score (nSPS) is 11.7. The van der Waals surface area contributed by atoms with E-state index in [0.717, 1.165) is 5.56 Å². The summed E-state index contributed by atoms with van der Waals surface area (Å²) < 4.78 is 1.36. The molecule has 7 heteroatoms. The van der Waals surface area contributed by atoms with Crippen molar-refractivity contribution in [2.75, 3.05) is 0 Å². The summed E-state index contributed by atoms with van der Waals surface area (Å²) in [5.41, 5.74) is 1.27. The zero-order valence-electron chi connectivity index (χ0n) is 13.8. The minimum absolute atomic E-state index is 0.179. The fourth-order valence-corrected chi connectivity index (χ4v) is 2.61. The minimum atomic E-state index is -1.11. The van der Waals surface area contributed by atoms with Crippen LogP contribution < -0.4 is 11.0 Å². The third-order valence-corrected chi connectivity index (χ3v) is 3.92. The van der Waals surface area contributed by atoms with Crippen LogP contribution in [0.2, 0.25) is 0 Å². The molecule has 2 aromatic carbocycles. The highest BCUT2D eigenvalue weighted by Gasteiger charge is 2.21. The van der Waals surface area contributed by atoms with Gasteiger partial charge in [-0.25, -0.2) is 9.59 Å². The molecule has 3 N–H and O–H groups in total. The molecular weight excluding hydrogens is 334 g/mol. The topological polar surface area (TPSA) is 104 Å². The molecule has 0 unspecified atom stereocenters. The van der Waals surface area contributed by atoms with E-state index in [1.54, 1.807) is 36.5 Å². The number of carbonyl (C=O) groups excluding carboxylic acids is 1. The molecule has 0 aliphatic rings. The van der Waals surface area contributed by atoms with Gasteiger partial charge in [0.25, 0.3) is 5.91 Å². The predicted molar refractivity (Wildman–Crippen MR) is 95.4 cm³/mol. The lowest BCUT2D eigenvalue weighted by molar-refractivity contribution is -0.139. The molecule has 0 aliphatic heterocycles. The summed E-state index contributed by atoms with van der Waals surface area (Å²) in [5.74, 6) is -1.63. The number of imidazole rings is 1. The Morgan fingerprint density at radius 1 is 1.12 bits per heavy atom. The number of carboxylic acid groups (broad SMARTS) is 1. The van der Waals surface area contributed by atoms with Gasteiger partial charge in [0.15, 0.2) is 0 Å². The molecular formula is C19H17N3O4. The maximum Gasteiger partial charge on any atom is 0.330 e. The van der Waals surface area contributed by atoms with E-state index in [-0.39, 0.29) is 17.7 Å². The van der Waals surface area contributed by atoms with Crippen molar-refractivity contribution in [2.45, 2.75) is 12.5 Å². The third-order valence-electron chi connectivity index (χ3n) is 3.92. The van der Waals surface area contributed by atoms with Gasteiger partial charge < -0.3 is 15.4 Å². The summed E-state index contributed by atoms with van der Waals surface area (Å²) in [6.45, 7) is 0. The number of amides is 1. The van der Waals surface area contributed by atoms with Gasteiger partial charge in [0, 0.05) is 24.4 Å². The Morgan fingerprint density at radius 3 is 2.54 bits per heavy atom. The summed E-state index contributed by atoms with van der Waals surface area (Å²) in [5, 5.41) is 11.9. The van der Waals surface area contributed by atoms with Gasteiger partial charge in [-0.2, -0.15) is 0 Å². The van der Waals surface area contributed by atoms with Crippen LogP contribution in [0, 0.1) is 0 Å². The van der Waals surface area contributed by atoms with Gasteiger partial charge in [-0.1, -0.05) is 36.4 Å². The van der Waals surface area contributed by atoms with Crippen LogP contribution >= 0.6 is 0 Å². The first-order valence-corrected chi connectivity index (χ1v) is 7.98. The van der Waals surface area contributed by atoms with Crippen LogP contribution in [-0.2, 0) is 11.2 Å². The van der Waals surface area contributed by atoms with E-state index in [4.69, 9.17) is 0 Å². The molecule has 7 nitrogen and oxygen atoms in total. The number of aliphatic carboxylic acids is 1. The molecule has 3 aromatic rings. The average Bonchev–Trinajstić information content (AvgIpc) is 3.08. The third kappa shape index (κ3) is 3.89. The Bertz CT molecular complexity index is 975. The van der Waals surface area contributed by atoms with Crippen molar-refractivity contribution in [3.63, 3.8) is 0 Å². The van der Waals surface area contributed by atoms with Crippen LogP contribution in [0.15, 0.2) is 71.8 Å². The lowest BCUT2D eigenvalue weighted by atomic mass is 10.1. The summed E-state index contributed by atoms with van der Waals surface area (Å²) in [6.07, 6.45) is 3.23. The number of carboxylic acids is 1. The van der Waals surface area contributed by atoms with Crippen molar-refractivity contribution >= 4 is 11.9 Å². The molecule has 0 saturated heterocycles. The first kappa shape index (κ1) is 17.2. The number of rotatable bonds is 6. The Morgan fingerprint density at radius 2 is 1.88 bits per heavy atom. The van der Waals surface area contributed by atoms with E-state index < -0.39 is 17.9 Å². The second-order valence-electron chi connectivity index (χ2n) is 5.74. The van der Waals surface area contributed by atoms with Gasteiger partial charge >= 0.3 is 11.7 Å². The predicted octanol–water partition coefficient (Wildman–Crippen LogP) is 1.59. The van der Waals surface area contributed by atoms with Crippen LogP contribution in [-0.4, -0.2) is 32.6 Å². The fourth-order valence-electron chi connectivity index (χ4n) is 2.61. The summed E-state index contributed by atoms with van der Waals surface area (Å²) >= 11 is 0. The van der Waals surface area contributed by atoms with Crippen molar-refractivity contribution in [1.29, 1.82) is 0 Å². The van der Waals surface area contributed by atoms with E-state index >= 15 is 0 Å². The Kier molecular flexibility index (Phi) is 4.98. The Labute approximate surface area is 148 Å². The van der Waals surface area contributed by atoms with Gasteiger partial charge in [-0.15, -0.1) is 0 Å². The number of H-pyrrole nitrogens is 1. The Balaban J connectivity index is 1.79. The molecule has 0 spiro atoms. The van der Waals surface area contributed by atoms with Gasteiger partial charge in [0.1, 0.15) is 6.04 Å². The van der Waals surface area contributed by atoms with Crippen molar-refractivity contribution < 1.29 is 14.7 Å². The van der Waals surface area contributed by atoms with Gasteiger partial charge in [-0.05, 0) is 23.8 Å². The molecule has 132 valence electrons. The molecule has 1 amide bonds. The molecule has 1 heterocycles. The first-order chi connectivity index (χ1) is 12.5. The molecule has 0 saturated carbocycles. The molecule has 0 radical (unpaired) electrons. The van der Waals surface area contributed by atoms with Crippen molar-refractivity contribution in [2.24, 2.45) is 0 Å². The molecule has 1 aromatic heterocycles. The average molecular weight is 351 g/mol. The zero-order valence-corrected chi connectivity index (χ0v) is 13.8. The molecule has 0 aliphatic carbocycles. The summed E-state index contributed by atoms with van der Waals surface area (Å²) in [4.78, 5) is 38.2. The lowest BCUT2D eigenvalue weighted by Crippen LogP contribution is -2.42. The fraction of sp³-hybridized carbons (Fsp3) is 0.105. The van der Waals surface area contributed by atoms with Crippen molar-refractivity contribution in [3.8, 4) is 5.69 Å². The number of benzene rings is 2. The maximum absolute atomic E-state index is 12.5. The highest BCUT2D eigenvalue weighted by molar-refractivity contribution is 5.97. The van der Waals surface area contributed by atoms with Gasteiger partial charge in [-0.3, -0.25) is 9.36 Å². The molecule has 1 atom stereocenters. The van der Waals surface area contributed by atoms with Crippen LogP contribution in [0.5, 0.6) is 0 Å². The van der Waals surface area contributed by atoms with Crippen LogP contribution in [0.3, 0.4) is 0 Å². The number of hydrogen-bond donors (Lipinski definition) is 3. The van der Waals surface area contributed by atoms with E-state index in [9.17, 15) is 19.5 Å². The number of nitrogens with zero attached hydrogens (tertiary/aromatic N) is 1. The second kappa shape index (κ2) is 7.52. The maximum atomic E-state index is 12.5. The quantitative estimate of drug-likeness (QED) is 0.627. The van der Waals surface area contributed by atoms with Crippen molar-refractivity contribution in [3.05, 3.63) is 88.6 Å². The van der Waals surface area contributed by atoms with Crippen LogP contribution in [0.4, 0.5) is 0 Å². The number of aromatic nitrogens is 2. The molecule has 26 heavy (non-hydrogen) atoms. The second-order valence-corrected chi connectivity index (χ2v) is 5.74. The van der Waals surface area contributed by atoms with E-state index in [2.05, 4.69) is 10.3 Å². The zero-order chi connectivity index (χ0) is 18.5. The SMILES string of the molecule is O=C(N[C@H](Cc1ccccc1)C(=O)O)c1cccc(-n2cc[nH]c2=O)c1. The van der Waals surface area contributed by atoms with Gasteiger partial charge in [0.05, 0.1) is 5.69 Å². The summed E-state index contributed by atoms with van der Waals surface area (Å²) in [6, 6.07) is 14.4. The first-order valence-electron chi connectivity index (χ1n) is 7.98. The van der Waals surface area contributed by atoms with Crippen molar-refractivity contribution in [1.82, 2.24) is 14.9 Å². The highest BCUT2D eigenvalue weighted by atomic mass is 16.4. The molecule has 0 bridgehead atoms. The highest BCUT2D eigenvalue weighted by Crippen LogP contribution is 2.10. The molecule has 0 fully saturated rings. The minimum Gasteiger partial charge on any atom is -0.480 e. The molecule has 3 rings (SSSR count). The van der Waals surface area contributed by atoms with Gasteiger partial charge in [0.2, 0.25) is 0 Å². The Hall–Kier alpha value is -3.61. The number of aromatic amines is 1. The van der Waals surface area contributed by atoms with E-state index in [1.165, 1.54) is 16.8 Å². The number of hydrogen-bond acceptors (Lipinski definition) is 3. The smallest absolute Gasteiger partial charge is 0.330 e. The monoisotopic (exact) mass is 351 g/mol. The number of nitrogens with one attached hydrogen (secondary N) is 2. The van der Waals surface area contributed by atoms with E-state index in [1.807, 2.05) is 18.2 Å². The summed E-state index contributed by atoms with van der Waals surface area (Å²) in [7, 11) is 0. The number of carbonyl (C=O) groups is 2. The largest absolute Gasteiger partial charge is 0.480 e. The lowest BCUT2D eigenvalue weighted by Gasteiger charge is -2.15. The van der Waals surface area contributed by atoms with E-state index in [0.29, 0.717) is 5.69 Å².